The average molecular weight is 301 g/mol. The summed E-state index contributed by atoms with van der Waals surface area (Å²) < 4.78 is 0. The van der Waals surface area contributed by atoms with Crippen molar-refractivity contribution in [2.45, 2.75) is 12.8 Å². The smallest absolute Gasteiger partial charge is 0.0703 e. The van der Waals surface area contributed by atoms with Crippen molar-refractivity contribution in [3.05, 3.63) is 66.4 Å². The normalized spacial score (nSPS) is 14.9. The van der Waals surface area contributed by atoms with Crippen LogP contribution in [0.25, 0.3) is 10.9 Å². The second-order valence-electron chi connectivity index (χ2n) is 5.92. The molecule has 2 heterocycles. The fourth-order valence-electron chi connectivity index (χ4n) is 3.04. The van der Waals surface area contributed by atoms with Crippen LogP contribution in [-0.2, 0) is 0 Å². The highest BCUT2D eigenvalue weighted by molar-refractivity contribution is 5.86. The first-order chi connectivity index (χ1) is 11.4. The lowest BCUT2D eigenvalue weighted by atomic mass is 10.2. The summed E-state index contributed by atoms with van der Waals surface area (Å²) in [6, 6.07) is 18.8. The maximum Gasteiger partial charge on any atom is 0.0703 e. The van der Waals surface area contributed by atoms with Gasteiger partial charge in [0.15, 0.2) is 0 Å². The maximum atomic E-state index is 4.59. The van der Waals surface area contributed by atoms with Crippen LogP contribution in [0.1, 0.15) is 18.4 Å². The number of aromatic nitrogens is 1. The van der Waals surface area contributed by atoms with Gasteiger partial charge in [0.25, 0.3) is 0 Å². The van der Waals surface area contributed by atoms with Crippen LogP contribution in [-0.4, -0.2) is 24.3 Å². The molecule has 114 valence electrons. The number of nitrogens with zero attached hydrogens (tertiary/aromatic N) is 3. The Morgan fingerprint density at radius 1 is 0.957 bits per heavy atom. The van der Waals surface area contributed by atoms with E-state index in [0.717, 1.165) is 22.2 Å². The summed E-state index contributed by atoms with van der Waals surface area (Å²) in [5.74, 6) is 0. The third kappa shape index (κ3) is 3.09. The number of aliphatic imine (C=N–C) groups is 1. The van der Waals surface area contributed by atoms with Gasteiger partial charge in [-0.15, -0.1) is 0 Å². The lowest BCUT2D eigenvalue weighted by molar-refractivity contribution is 0.949. The summed E-state index contributed by atoms with van der Waals surface area (Å²) in [5, 5.41) is 1.12. The van der Waals surface area contributed by atoms with E-state index in [-0.39, 0.29) is 0 Å². The molecule has 1 fully saturated rings. The van der Waals surface area contributed by atoms with E-state index in [0.29, 0.717) is 0 Å². The minimum absolute atomic E-state index is 0.953. The number of fused-ring (bicyclic) bond motifs is 1. The van der Waals surface area contributed by atoms with Gasteiger partial charge in [0.05, 0.1) is 11.2 Å². The van der Waals surface area contributed by atoms with E-state index in [1.807, 2.05) is 30.6 Å². The summed E-state index contributed by atoms with van der Waals surface area (Å²) in [7, 11) is 0. The summed E-state index contributed by atoms with van der Waals surface area (Å²) >= 11 is 0. The molecule has 3 nitrogen and oxygen atoms in total. The van der Waals surface area contributed by atoms with Gasteiger partial charge in [0.2, 0.25) is 0 Å². The first kappa shape index (κ1) is 13.9. The molecule has 0 N–H and O–H groups in total. The van der Waals surface area contributed by atoms with Gasteiger partial charge >= 0.3 is 0 Å². The number of rotatable bonds is 3. The molecule has 0 saturated carbocycles. The Kier molecular flexibility index (Phi) is 3.76. The molecular weight excluding hydrogens is 282 g/mol. The molecule has 0 unspecified atom stereocenters. The summed E-state index contributed by atoms with van der Waals surface area (Å²) in [6.07, 6.45) is 6.35. The number of hydrogen-bond donors (Lipinski definition) is 0. The largest absolute Gasteiger partial charge is 0.372 e. The van der Waals surface area contributed by atoms with Crippen LogP contribution in [0.3, 0.4) is 0 Å². The highest BCUT2D eigenvalue weighted by Crippen LogP contribution is 2.21. The Hall–Kier alpha value is -2.68. The van der Waals surface area contributed by atoms with Crippen LogP contribution in [0.5, 0.6) is 0 Å². The number of pyridine rings is 1. The van der Waals surface area contributed by atoms with Gasteiger partial charge in [-0.3, -0.25) is 9.98 Å². The van der Waals surface area contributed by atoms with Crippen LogP contribution in [0.2, 0.25) is 0 Å². The van der Waals surface area contributed by atoms with E-state index in [4.69, 9.17) is 0 Å². The molecule has 0 bridgehead atoms. The minimum Gasteiger partial charge on any atom is -0.372 e. The van der Waals surface area contributed by atoms with E-state index in [2.05, 4.69) is 51.3 Å². The lowest BCUT2D eigenvalue weighted by Gasteiger charge is -2.17. The van der Waals surface area contributed by atoms with Gasteiger partial charge in [-0.25, -0.2) is 0 Å². The Bertz CT molecular complexity index is 831. The molecule has 0 radical (unpaired) electrons. The van der Waals surface area contributed by atoms with Crippen LogP contribution in [0, 0.1) is 0 Å². The third-order valence-electron chi connectivity index (χ3n) is 4.31. The van der Waals surface area contributed by atoms with Crippen LogP contribution < -0.4 is 4.90 Å². The molecule has 0 spiro atoms. The summed E-state index contributed by atoms with van der Waals surface area (Å²) in [4.78, 5) is 11.4. The zero-order valence-corrected chi connectivity index (χ0v) is 13.0. The molecule has 3 heteroatoms. The monoisotopic (exact) mass is 301 g/mol. The molecule has 1 saturated heterocycles. The van der Waals surface area contributed by atoms with Gasteiger partial charge in [-0.2, -0.15) is 0 Å². The molecule has 0 amide bonds. The van der Waals surface area contributed by atoms with Gasteiger partial charge < -0.3 is 4.90 Å². The molecule has 0 atom stereocenters. The van der Waals surface area contributed by atoms with Crippen molar-refractivity contribution in [2.24, 2.45) is 4.99 Å². The van der Waals surface area contributed by atoms with Crippen molar-refractivity contribution in [2.75, 3.05) is 18.0 Å². The van der Waals surface area contributed by atoms with Crippen molar-refractivity contribution in [3.63, 3.8) is 0 Å². The number of hydrogen-bond acceptors (Lipinski definition) is 3. The minimum atomic E-state index is 0.953. The predicted molar refractivity (Wildman–Crippen MR) is 96.9 cm³/mol. The highest BCUT2D eigenvalue weighted by Gasteiger charge is 2.11. The SMILES string of the molecule is C(=Nc1ccc2ncccc2c1)c1ccc(N2CCCC2)cc1. The van der Waals surface area contributed by atoms with E-state index in [1.54, 1.807) is 0 Å². The molecule has 4 rings (SSSR count). The van der Waals surface area contributed by atoms with Gasteiger partial charge in [-0.1, -0.05) is 18.2 Å². The summed E-state index contributed by atoms with van der Waals surface area (Å²) in [5.41, 5.74) is 4.39. The molecule has 3 aromatic rings. The van der Waals surface area contributed by atoms with Gasteiger partial charge in [0.1, 0.15) is 0 Å². The zero-order chi connectivity index (χ0) is 15.5. The molecule has 23 heavy (non-hydrogen) atoms. The van der Waals surface area contributed by atoms with Crippen molar-refractivity contribution in [1.29, 1.82) is 0 Å². The van der Waals surface area contributed by atoms with Crippen molar-refractivity contribution >= 4 is 28.5 Å². The average Bonchev–Trinajstić information content (AvgIpc) is 3.15. The Morgan fingerprint density at radius 2 is 1.78 bits per heavy atom. The fraction of sp³-hybridized carbons (Fsp3) is 0.200. The van der Waals surface area contributed by atoms with Gasteiger partial charge in [0, 0.05) is 36.6 Å². The number of benzene rings is 2. The molecule has 1 aliphatic rings. The highest BCUT2D eigenvalue weighted by atomic mass is 15.1. The van der Waals surface area contributed by atoms with Crippen molar-refractivity contribution in [3.8, 4) is 0 Å². The van der Waals surface area contributed by atoms with Gasteiger partial charge in [-0.05, 0) is 54.8 Å². The Balaban J connectivity index is 1.52. The number of anilines is 1. The van der Waals surface area contributed by atoms with Crippen LogP contribution in [0.15, 0.2) is 65.8 Å². The maximum absolute atomic E-state index is 4.59. The van der Waals surface area contributed by atoms with E-state index >= 15 is 0 Å². The van der Waals surface area contributed by atoms with E-state index in [1.165, 1.54) is 31.6 Å². The van der Waals surface area contributed by atoms with Crippen molar-refractivity contribution in [1.82, 2.24) is 4.98 Å². The first-order valence-corrected chi connectivity index (χ1v) is 8.12. The van der Waals surface area contributed by atoms with Crippen molar-refractivity contribution < 1.29 is 0 Å². The molecule has 0 aliphatic carbocycles. The molecule has 2 aromatic carbocycles. The lowest BCUT2D eigenvalue weighted by Crippen LogP contribution is -2.17. The molecule has 1 aromatic heterocycles. The molecular formula is C20H19N3. The van der Waals surface area contributed by atoms with E-state index < -0.39 is 0 Å². The second kappa shape index (κ2) is 6.21. The van der Waals surface area contributed by atoms with E-state index in [9.17, 15) is 0 Å². The standard InChI is InChI=1S/C20H19N3/c1-2-13-23(12-1)19-8-5-16(6-9-19)15-22-18-7-10-20-17(14-18)4-3-11-21-20/h3-11,14-15H,1-2,12-13H2. The Morgan fingerprint density at radius 3 is 2.61 bits per heavy atom. The van der Waals surface area contributed by atoms with Crippen LogP contribution >= 0.6 is 0 Å². The Labute approximate surface area is 136 Å². The first-order valence-electron chi connectivity index (χ1n) is 8.12. The fourth-order valence-corrected chi connectivity index (χ4v) is 3.04. The third-order valence-corrected chi connectivity index (χ3v) is 4.31. The topological polar surface area (TPSA) is 28.5 Å². The summed E-state index contributed by atoms with van der Waals surface area (Å²) in [6.45, 7) is 2.36. The zero-order valence-electron chi connectivity index (χ0n) is 13.0. The quantitative estimate of drug-likeness (QED) is 0.662. The predicted octanol–water partition coefficient (Wildman–Crippen LogP) is 4.59. The second-order valence-corrected chi connectivity index (χ2v) is 5.92. The molecule has 1 aliphatic heterocycles. The van der Waals surface area contributed by atoms with Crippen LogP contribution in [0.4, 0.5) is 11.4 Å².